The number of carbonyl (C=O) groups excluding carboxylic acids is 1. The van der Waals surface area contributed by atoms with Crippen LogP contribution in [0.1, 0.15) is 10.4 Å². The Morgan fingerprint density at radius 2 is 1.88 bits per heavy atom. The summed E-state index contributed by atoms with van der Waals surface area (Å²) in [5, 5.41) is 19.0. The monoisotopic (exact) mass is 466 g/mol. The number of hydrogen-bond donors (Lipinski definition) is 2. The van der Waals surface area contributed by atoms with Gasteiger partial charge in [-0.05, 0) is 12.1 Å². The fourth-order valence-corrected chi connectivity index (χ4v) is 3.48. The van der Waals surface area contributed by atoms with E-state index in [9.17, 15) is 19.7 Å². The second kappa shape index (κ2) is 8.90. The molecule has 0 spiro atoms. The Balaban J connectivity index is 1.83. The molecule has 0 fully saturated rings. The van der Waals surface area contributed by atoms with Gasteiger partial charge in [-0.25, -0.2) is 9.67 Å². The number of aromatic amines is 1. The minimum Gasteiger partial charge on any atom is -0.493 e. The molecule has 1 amide bonds. The largest absolute Gasteiger partial charge is 0.493 e. The van der Waals surface area contributed by atoms with Crippen LogP contribution in [0.2, 0.25) is 0 Å². The molecule has 0 aliphatic heterocycles. The average molecular weight is 466 g/mol. The predicted octanol–water partition coefficient (Wildman–Crippen LogP) is 2.30. The van der Waals surface area contributed by atoms with Crippen LogP contribution in [0.15, 0.2) is 47.7 Å². The molecule has 4 aromatic rings. The number of nitrogens with one attached hydrogen (secondary N) is 2. The molecule has 2 heterocycles. The average Bonchev–Trinajstić information content (AvgIpc) is 3.28. The number of ether oxygens (including phenoxy) is 3. The molecule has 4 rings (SSSR count). The van der Waals surface area contributed by atoms with Crippen molar-refractivity contribution in [1.82, 2.24) is 19.7 Å². The zero-order valence-electron chi connectivity index (χ0n) is 18.2. The van der Waals surface area contributed by atoms with Crippen LogP contribution < -0.4 is 25.1 Å². The summed E-state index contributed by atoms with van der Waals surface area (Å²) in [6, 6.07) is 7.79. The number of aromatic nitrogens is 4. The maximum absolute atomic E-state index is 13.2. The lowest BCUT2D eigenvalue weighted by Gasteiger charge is -2.16. The van der Waals surface area contributed by atoms with Crippen LogP contribution in [-0.2, 0) is 0 Å². The minimum absolute atomic E-state index is 0.0204. The first kappa shape index (κ1) is 22.3. The van der Waals surface area contributed by atoms with E-state index in [-0.39, 0.29) is 45.1 Å². The van der Waals surface area contributed by atoms with E-state index in [1.54, 1.807) is 24.3 Å². The molecule has 13 nitrogen and oxygen atoms in total. The topological polar surface area (TPSA) is 163 Å². The van der Waals surface area contributed by atoms with E-state index >= 15 is 0 Å². The van der Waals surface area contributed by atoms with Gasteiger partial charge >= 0.3 is 5.69 Å². The fourth-order valence-electron chi connectivity index (χ4n) is 3.48. The van der Waals surface area contributed by atoms with Crippen molar-refractivity contribution < 1.29 is 23.9 Å². The van der Waals surface area contributed by atoms with Gasteiger partial charge in [-0.15, -0.1) is 0 Å². The summed E-state index contributed by atoms with van der Waals surface area (Å²) in [5.74, 6) is -1.01. The van der Waals surface area contributed by atoms with Crippen molar-refractivity contribution in [1.29, 1.82) is 0 Å². The van der Waals surface area contributed by atoms with Crippen LogP contribution in [0.3, 0.4) is 0 Å². The van der Waals surface area contributed by atoms with Crippen LogP contribution in [0.25, 0.3) is 16.7 Å². The van der Waals surface area contributed by atoms with Gasteiger partial charge in [0.05, 0.1) is 50.2 Å². The van der Waals surface area contributed by atoms with Crippen LogP contribution in [-0.4, -0.2) is 51.9 Å². The van der Waals surface area contributed by atoms with Gasteiger partial charge in [0.1, 0.15) is 10.9 Å². The fraction of sp³-hybridized carbons (Fsp3) is 0.143. The number of rotatable bonds is 7. The summed E-state index contributed by atoms with van der Waals surface area (Å²) in [6.07, 6.45) is 2.59. The molecule has 0 atom stereocenters. The summed E-state index contributed by atoms with van der Waals surface area (Å²) >= 11 is 0. The molecule has 0 radical (unpaired) electrons. The number of carbonyl (C=O) groups is 1. The number of nitrogens with zero attached hydrogens (tertiary/aromatic N) is 4. The van der Waals surface area contributed by atoms with Crippen molar-refractivity contribution in [3.05, 3.63) is 68.9 Å². The first-order chi connectivity index (χ1) is 16.4. The van der Waals surface area contributed by atoms with E-state index in [0.29, 0.717) is 5.69 Å². The smallest absolute Gasteiger partial charge is 0.327 e. The molecule has 13 heteroatoms. The Hall–Kier alpha value is -4.94. The highest BCUT2D eigenvalue weighted by atomic mass is 16.6. The Bertz CT molecular complexity index is 1480. The molecule has 0 bridgehead atoms. The number of methoxy groups -OCH3 is 3. The molecule has 2 aromatic carbocycles. The normalized spacial score (nSPS) is 10.7. The minimum atomic E-state index is -0.805. The van der Waals surface area contributed by atoms with Gasteiger partial charge < -0.3 is 24.5 Å². The number of fused-ring (bicyclic) bond motifs is 1. The number of anilines is 1. The third-order valence-electron chi connectivity index (χ3n) is 4.98. The maximum atomic E-state index is 13.2. The van der Waals surface area contributed by atoms with Crippen LogP contribution in [0.5, 0.6) is 17.2 Å². The van der Waals surface area contributed by atoms with Crippen molar-refractivity contribution >= 4 is 28.3 Å². The SMILES string of the molecule is COc1cc(C(=O)Nc2ccccc2-n2ncc3c(=O)[nH]cnc32)c([N+](=O)[O-])c(OC)c1OC. The first-order valence-electron chi connectivity index (χ1n) is 9.70. The Kier molecular flexibility index (Phi) is 5.82. The van der Waals surface area contributed by atoms with E-state index in [4.69, 9.17) is 14.2 Å². The molecule has 0 aliphatic rings. The lowest BCUT2D eigenvalue weighted by atomic mass is 10.1. The van der Waals surface area contributed by atoms with Crippen molar-refractivity contribution in [3.63, 3.8) is 0 Å². The first-order valence-corrected chi connectivity index (χ1v) is 9.70. The molecule has 174 valence electrons. The highest BCUT2D eigenvalue weighted by Gasteiger charge is 2.32. The second-order valence-electron chi connectivity index (χ2n) is 6.80. The van der Waals surface area contributed by atoms with Crippen LogP contribution in [0, 0.1) is 10.1 Å². The summed E-state index contributed by atoms with van der Waals surface area (Å²) in [7, 11) is 3.85. The molecular formula is C21H18N6O7. The second-order valence-corrected chi connectivity index (χ2v) is 6.80. The molecule has 0 saturated heterocycles. The Morgan fingerprint density at radius 3 is 2.56 bits per heavy atom. The number of amides is 1. The number of H-pyrrole nitrogens is 1. The van der Waals surface area contributed by atoms with Gasteiger partial charge in [0.15, 0.2) is 11.4 Å². The molecule has 2 N–H and O–H groups in total. The number of hydrogen-bond acceptors (Lipinski definition) is 9. The maximum Gasteiger partial charge on any atom is 0.327 e. The van der Waals surface area contributed by atoms with Gasteiger partial charge in [-0.1, -0.05) is 12.1 Å². The van der Waals surface area contributed by atoms with E-state index in [1.165, 1.54) is 44.6 Å². The molecule has 34 heavy (non-hydrogen) atoms. The standard InChI is InChI=1S/C21H18N6O7/c1-32-15-8-11(16(27(30)31)18(34-3)17(15)33-2)21(29)25-13-6-4-5-7-14(13)26-19-12(9-24-26)20(28)23-10-22-19/h4-10H,1-3H3,(H,25,29)(H,22,23,28). The van der Waals surface area contributed by atoms with Crippen LogP contribution >= 0.6 is 0 Å². The highest BCUT2D eigenvalue weighted by Crippen LogP contribution is 2.46. The predicted molar refractivity (Wildman–Crippen MR) is 120 cm³/mol. The van der Waals surface area contributed by atoms with E-state index in [2.05, 4.69) is 20.4 Å². The molecule has 0 aliphatic carbocycles. The molecule has 2 aromatic heterocycles. The zero-order valence-corrected chi connectivity index (χ0v) is 18.2. The number of nitro groups is 1. The van der Waals surface area contributed by atoms with Crippen molar-refractivity contribution in [2.45, 2.75) is 0 Å². The lowest BCUT2D eigenvalue weighted by Crippen LogP contribution is -2.17. The third kappa shape index (κ3) is 3.64. The molecular weight excluding hydrogens is 448 g/mol. The number of para-hydroxylation sites is 2. The molecule has 0 unspecified atom stereocenters. The molecule has 0 saturated carbocycles. The van der Waals surface area contributed by atoms with Gasteiger partial charge in [-0.2, -0.15) is 5.10 Å². The Morgan fingerprint density at radius 1 is 1.15 bits per heavy atom. The lowest BCUT2D eigenvalue weighted by molar-refractivity contribution is -0.386. The zero-order chi connectivity index (χ0) is 24.4. The number of benzene rings is 2. The summed E-state index contributed by atoms with van der Waals surface area (Å²) < 4.78 is 17.0. The van der Waals surface area contributed by atoms with Crippen molar-refractivity contribution in [3.8, 4) is 22.9 Å². The van der Waals surface area contributed by atoms with Gasteiger partial charge in [0, 0.05) is 6.07 Å². The summed E-state index contributed by atoms with van der Waals surface area (Å²) in [6.45, 7) is 0. The van der Waals surface area contributed by atoms with Gasteiger partial charge in [0.2, 0.25) is 11.5 Å². The summed E-state index contributed by atoms with van der Waals surface area (Å²) in [4.78, 5) is 43.0. The quantitative estimate of drug-likeness (QED) is 0.307. The van der Waals surface area contributed by atoms with Crippen molar-refractivity contribution in [2.24, 2.45) is 0 Å². The van der Waals surface area contributed by atoms with Gasteiger partial charge in [-0.3, -0.25) is 19.7 Å². The Labute approximate surface area is 191 Å². The third-order valence-corrected chi connectivity index (χ3v) is 4.98. The van der Waals surface area contributed by atoms with Gasteiger partial charge in [0.25, 0.3) is 11.5 Å². The van der Waals surface area contributed by atoms with E-state index < -0.39 is 16.5 Å². The highest BCUT2D eigenvalue weighted by molar-refractivity contribution is 6.09. The van der Waals surface area contributed by atoms with E-state index in [0.717, 1.165) is 0 Å². The van der Waals surface area contributed by atoms with Crippen molar-refractivity contribution in [2.75, 3.05) is 26.6 Å². The number of nitro benzene ring substituents is 1. The summed E-state index contributed by atoms with van der Waals surface area (Å²) in [5.41, 5.74) is -0.348. The van der Waals surface area contributed by atoms with E-state index in [1.807, 2.05) is 0 Å². The van der Waals surface area contributed by atoms with Crippen LogP contribution in [0.4, 0.5) is 11.4 Å².